The zero-order valence-electron chi connectivity index (χ0n) is 8.77. The summed E-state index contributed by atoms with van der Waals surface area (Å²) in [6.07, 6.45) is 6.97. The van der Waals surface area contributed by atoms with Crippen LogP contribution in [0.4, 0.5) is 0 Å². The Labute approximate surface area is 76.9 Å². The topological polar surface area (TPSA) is 12.0 Å². The summed E-state index contributed by atoms with van der Waals surface area (Å²) in [5.74, 6) is 1.06. The van der Waals surface area contributed by atoms with Gasteiger partial charge in [0, 0.05) is 12.1 Å². The van der Waals surface area contributed by atoms with Gasteiger partial charge in [-0.1, -0.05) is 26.2 Å². The molecule has 12 heavy (non-hydrogen) atoms. The van der Waals surface area contributed by atoms with Gasteiger partial charge in [-0.05, 0) is 32.6 Å². The number of rotatable bonds is 6. The van der Waals surface area contributed by atoms with Crippen molar-refractivity contribution in [2.75, 3.05) is 0 Å². The molecule has 0 radical (unpaired) electrons. The predicted molar refractivity (Wildman–Crippen MR) is 54.3 cm³/mol. The van der Waals surface area contributed by atoms with E-state index in [0.29, 0.717) is 6.04 Å². The van der Waals surface area contributed by atoms with E-state index in [0.717, 1.165) is 12.0 Å². The third-order valence-electron chi connectivity index (χ3n) is 2.67. The van der Waals surface area contributed by atoms with Crippen LogP contribution in [0.2, 0.25) is 0 Å². The summed E-state index contributed by atoms with van der Waals surface area (Å²) in [6.45, 7) is 6.88. The molecule has 72 valence electrons. The molecule has 1 aliphatic rings. The summed E-state index contributed by atoms with van der Waals surface area (Å²) >= 11 is 0. The number of hydrogen-bond donors (Lipinski definition) is 1. The first-order chi connectivity index (χ1) is 5.72. The maximum Gasteiger partial charge on any atom is 0.00438 e. The van der Waals surface area contributed by atoms with Crippen molar-refractivity contribution < 1.29 is 0 Å². The van der Waals surface area contributed by atoms with Crippen molar-refractivity contribution in [3.05, 3.63) is 0 Å². The molecule has 0 bridgehead atoms. The fourth-order valence-electron chi connectivity index (χ4n) is 1.92. The quantitative estimate of drug-likeness (QED) is 0.644. The first-order valence-corrected chi connectivity index (χ1v) is 5.48. The molecule has 2 atom stereocenters. The van der Waals surface area contributed by atoms with Gasteiger partial charge in [0.25, 0.3) is 0 Å². The lowest BCUT2D eigenvalue weighted by Gasteiger charge is -2.19. The summed E-state index contributed by atoms with van der Waals surface area (Å²) in [5.41, 5.74) is 0. The Morgan fingerprint density at radius 1 is 1.25 bits per heavy atom. The normalized spacial score (nSPS) is 22.2. The third-order valence-corrected chi connectivity index (χ3v) is 2.67. The summed E-state index contributed by atoms with van der Waals surface area (Å²) in [5, 5.41) is 3.65. The molecule has 0 aromatic carbocycles. The lowest BCUT2D eigenvalue weighted by Crippen LogP contribution is -2.34. The zero-order valence-corrected chi connectivity index (χ0v) is 8.77. The predicted octanol–water partition coefficient (Wildman–Crippen LogP) is 2.95. The van der Waals surface area contributed by atoms with E-state index in [9.17, 15) is 0 Å². The van der Waals surface area contributed by atoms with Crippen LogP contribution in [0, 0.1) is 5.92 Å². The van der Waals surface area contributed by atoms with Gasteiger partial charge in [-0.3, -0.25) is 0 Å². The van der Waals surface area contributed by atoms with E-state index in [1.807, 2.05) is 0 Å². The lowest BCUT2D eigenvalue weighted by atomic mass is 10.1. The van der Waals surface area contributed by atoms with Crippen LogP contribution < -0.4 is 5.32 Å². The minimum absolute atomic E-state index is 0.712. The fourth-order valence-corrected chi connectivity index (χ4v) is 1.92. The highest BCUT2D eigenvalue weighted by atomic mass is 14.9. The van der Waals surface area contributed by atoms with Gasteiger partial charge in [-0.2, -0.15) is 0 Å². The Bertz CT molecular complexity index is 118. The molecule has 0 aliphatic heterocycles. The maximum absolute atomic E-state index is 3.65. The van der Waals surface area contributed by atoms with E-state index in [2.05, 4.69) is 26.1 Å². The summed E-state index contributed by atoms with van der Waals surface area (Å²) in [4.78, 5) is 0. The molecule has 1 rings (SSSR count). The van der Waals surface area contributed by atoms with Crippen molar-refractivity contribution in [2.45, 2.75) is 65.0 Å². The van der Waals surface area contributed by atoms with E-state index in [1.54, 1.807) is 0 Å². The molecule has 1 aliphatic carbocycles. The Morgan fingerprint density at radius 2 is 1.92 bits per heavy atom. The van der Waals surface area contributed by atoms with Crippen LogP contribution in [-0.4, -0.2) is 12.1 Å². The Morgan fingerprint density at radius 3 is 2.42 bits per heavy atom. The molecule has 1 N–H and O–H groups in total. The van der Waals surface area contributed by atoms with Gasteiger partial charge in [0.05, 0.1) is 0 Å². The monoisotopic (exact) mass is 169 g/mol. The zero-order chi connectivity index (χ0) is 8.97. The van der Waals surface area contributed by atoms with Gasteiger partial charge in [-0.15, -0.1) is 0 Å². The van der Waals surface area contributed by atoms with Crippen LogP contribution >= 0.6 is 0 Å². The highest BCUT2D eigenvalue weighted by Gasteiger charge is 2.23. The molecule has 2 unspecified atom stereocenters. The SMILES string of the molecule is CCCC(C)NC(C)CC1CC1. The molecule has 1 heteroatoms. The van der Waals surface area contributed by atoms with Gasteiger partial charge in [-0.25, -0.2) is 0 Å². The first-order valence-electron chi connectivity index (χ1n) is 5.48. The minimum Gasteiger partial charge on any atom is -0.312 e. The molecular formula is C11H23N. The van der Waals surface area contributed by atoms with E-state index >= 15 is 0 Å². The van der Waals surface area contributed by atoms with E-state index in [4.69, 9.17) is 0 Å². The first kappa shape index (κ1) is 10.0. The van der Waals surface area contributed by atoms with Crippen molar-refractivity contribution in [3.63, 3.8) is 0 Å². The van der Waals surface area contributed by atoms with Crippen LogP contribution in [0.1, 0.15) is 52.9 Å². The summed E-state index contributed by atoms with van der Waals surface area (Å²) in [6, 6.07) is 1.45. The molecular weight excluding hydrogens is 146 g/mol. The molecule has 0 amide bonds. The van der Waals surface area contributed by atoms with Gasteiger partial charge in [0.1, 0.15) is 0 Å². The molecule has 0 heterocycles. The van der Waals surface area contributed by atoms with E-state index in [1.165, 1.54) is 32.1 Å². The second-order valence-corrected chi connectivity index (χ2v) is 4.44. The molecule has 1 fully saturated rings. The second-order valence-electron chi connectivity index (χ2n) is 4.44. The smallest absolute Gasteiger partial charge is 0.00438 e. The molecule has 0 aromatic heterocycles. The van der Waals surface area contributed by atoms with Crippen LogP contribution in [0.3, 0.4) is 0 Å². The Kier molecular flexibility index (Phi) is 4.07. The minimum atomic E-state index is 0.712. The van der Waals surface area contributed by atoms with Crippen molar-refractivity contribution in [2.24, 2.45) is 5.92 Å². The third kappa shape index (κ3) is 4.10. The Hall–Kier alpha value is -0.0400. The van der Waals surface area contributed by atoms with Gasteiger partial charge < -0.3 is 5.32 Å². The van der Waals surface area contributed by atoms with Crippen LogP contribution in [0.25, 0.3) is 0 Å². The summed E-state index contributed by atoms with van der Waals surface area (Å²) in [7, 11) is 0. The highest BCUT2D eigenvalue weighted by Crippen LogP contribution is 2.33. The molecule has 1 saturated carbocycles. The van der Waals surface area contributed by atoms with Crippen LogP contribution in [-0.2, 0) is 0 Å². The maximum atomic E-state index is 3.65. The van der Waals surface area contributed by atoms with Gasteiger partial charge >= 0.3 is 0 Å². The molecule has 0 aromatic rings. The molecule has 0 spiro atoms. The molecule has 1 nitrogen and oxygen atoms in total. The lowest BCUT2D eigenvalue weighted by molar-refractivity contribution is 0.412. The standard InChI is InChI=1S/C11H23N/c1-4-5-9(2)12-10(3)8-11-6-7-11/h9-12H,4-8H2,1-3H3. The van der Waals surface area contributed by atoms with E-state index in [-0.39, 0.29) is 0 Å². The van der Waals surface area contributed by atoms with Gasteiger partial charge in [0.2, 0.25) is 0 Å². The van der Waals surface area contributed by atoms with Crippen molar-refractivity contribution in [1.29, 1.82) is 0 Å². The van der Waals surface area contributed by atoms with Crippen LogP contribution in [0.5, 0.6) is 0 Å². The number of hydrogen-bond acceptors (Lipinski definition) is 1. The second kappa shape index (κ2) is 4.86. The van der Waals surface area contributed by atoms with Crippen LogP contribution in [0.15, 0.2) is 0 Å². The number of nitrogens with one attached hydrogen (secondary N) is 1. The van der Waals surface area contributed by atoms with Gasteiger partial charge in [0.15, 0.2) is 0 Å². The van der Waals surface area contributed by atoms with Crippen molar-refractivity contribution >= 4 is 0 Å². The van der Waals surface area contributed by atoms with Crippen molar-refractivity contribution in [3.8, 4) is 0 Å². The fraction of sp³-hybridized carbons (Fsp3) is 1.00. The van der Waals surface area contributed by atoms with E-state index < -0.39 is 0 Å². The average molecular weight is 169 g/mol. The molecule has 0 saturated heterocycles. The largest absolute Gasteiger partial charge is 0.312 e. The highest BCUT2D eigenvalue weighted by molar-refractivity contribution is 4.79. The average Bonchev–Trinajstić information content (AvgIpc) is 2.71. The van der Waals surface area contributed by atoms with Crippen molar-refractivity contribution in [1.82, 2.24) is 5.32 Å². The summed E-state index contributed by atoms with van der Waals surface area (Å²) < 4.78 is 0. The Balaban J connectivity index is 2.02.